The Kier molecular flexibility index (Phi) is 4.46. The molecule has 2 aromatic rings. The second-order valence-electron chi connectivity index (χ2n) is 6.23. The Bertz CT molecular complexity index is 670. The van der Waals surface area contributed by atoms with E-state index in [4.69, 9.17) is 9.47 Å². The van der Waals surface area contributed by atoms with Crippen LogP contribution in [0.4, 0.5) is 0 Å². The highest BCUT2D eigenvalue weighted by Crippen LogP contribution is 2.12. The third kappa shape index (κ3) is 3.28. The van der Waals surface area contributed by atoms with Crippen LogP contribution in [0.2, 0.25) is 0 Å². The maximum atomic E-state index is 12.4. The molecule has 4 heterocycles. The number of aromatic nitrogens is 2. The van der Waals surface area contributed by atoms with E-state index >= 15 is 0 Å². The van der Waals surface area contributed by atoms with E-state index < -0.39 is 6.10 Å². The molecule has 0 bridgehead atoms. The summed E-state index contributed by atoms with van der Waals surface area (Å²) in [5, 5.41) is 0. The van der Waals surface area contributed by atoms with Gasteiger partial charge in [0.15, 0.2) is 6.10 Å². The second kappa shape index (κ2) is 6.88. The van der Waals surface area contributed by atoms with Crippen LogP contribution in [0.25, 0.3) is 5.65 Å². The molecule has 4 rings (SSSR count). The summed E-state index contributed by atoms with van der Waals surface area (Å²) in [6.45, 7) is 5.44. The van der Waals surface area contributed by atoms with Crippen LogP contribution in [0.1, 0.15) is 5.69 Å². The number of ether oxygens (including phenoxy) is 2. The van der Waals surface area contributed by atoms with Crippen LogP contribution in [0, 0.1) is 0 Å². The van der Waals surface area contributed by atoms with Gasteiger partial charge in [0.2, 0.25) is 0 Å². The third-order valence-electron chi connectivity index (χ3n) is 4.57. The fourth-order valence-corrected chi connectivity index (χ4v) is 3.25. The van der Waals surface area contributed by atoms with Crippen LogP contribution in [0.15, 0.2) is 30.6 Å². The zero-order valence-corrected chi connectivity index (χ0v) is 13.6. The molecular weight excluding hydrogens is 308 g/mol. The van der Waals surface area contributed by atoms with E-state index in [-0.39, 0.29) is 5.91 Å². The monoisotopic (exact) mass is 330 g/mol. The van der Waals surface area contributed by atoms with Gasteiger partial charge in [0.25, 0.3) is 5.91 Å². The predicted octanol–water partition coefficient (Wildman–Crippen LogP) is 0.394. The topological polar surface area (TPSA) is 59.3 Å². The quantitative estimate of drug-likeness (QED) is 0.815. The summed E-state index contributed by atoms with van der Waals surface area (Å²) in [7, 11) is 0. The molecular formula is C17H22N4O3. The number of nitrogens with zero attached hydrogens (tertiary/aromatic N) is 4. The molecule has 24 heavy (non-hydrogen) atoms. The highest BCUT2D eigenvalue weighted by atomic mass is 16.6. The average Bonchev–Trinajstić information content (AvgIpc) is 3.05. The van der Waals surface area contributed by atoms with Gasteiger partial charge in [0, 0.05) is 45.1 Å². The SMILES string of the molecule is O=C(C1COCCO1)N1CCN(Cc2cn3ccccc3n2)CC1. The minimum Gasteiger partial charge on any atom is -0.376 e. The zero-order valence-electron chi connectivity index (χ0n) is 13.6. The number of pyridine rings is 1. The van der Waals surface area contributed by atoms with Gasteiger partial charge in [-0.15, -0.1) is 0 Å². The second-order valence-corrected chi connectivity index (χ2v) is 6.23. The van der Waals surface area contributed by atoms with Gasteiger partial charge in [-0.25, -0.2) is 4.98 Å². The maximum absolute atomic E-state index is 12.4. The van der Waals surface area contributed by atoms with Crippen LogP contribution in [0.5, 0.6) is 0 Å². The molecule has 2 aliphatic heterocycles. The van der Waals surface area contributed by atoms with E-state index in [9.17, 15) is 4.79 Å². The van der Waals surface area contributed by atoms with Crippen molar-refractivity contribution < 1.29 is 14.3 Å². The van der Waals surface area contributed by atoms with Crippen LogP contribution in [-0.2, 0) is 20.8 Å². The van der Waals surface area contributed by atoms with E-state index in [0.29, 0.717) is 19.8 Å². The number of piperazine rings is 1. The van der Waals surface area contributed by atoms with Gasteiger partial charge in [0.1, 0.15) is 5.65 Å². The van der Waals surface area contributed by atoms with Crippen molar-refractivity contribution in [2.75, 3.05) is 46.0 Å². The Hall–Kier alpha value is -1.96. The normalized spacial score (nSPS) is 22.8. The first kappa shape index (κ1) is 15.6. The van der Waals surface area contributed by atoms with Crippen LogP contribution in [-0.4, -0.2) is 77.2 Å². The van der Waals surface area contributed by atoms with Crippen LogP contribution in [0.3, 0.4) is 0 Å². The minimum absolute atomic E-state index is 0.0575. The first-order valence-electron chi connectivity index (χ1n) is 8.43. The Balaban J connectivity index is 1.31. The molecule has 0 radical (unpaired) electrons. The Morgan fingerprint density at radius 1 is 1.21 bits per heavy atom. The molecule has 1 atom stereocenters. The van der Waals surface area contributed by atoms with Gasteiger partial charge in [-0.05, 0) is 12.1 Å². The van der Waals surface area contributed by atoms with Gasteiger partial charge < -0.3 is 18.8 Å². The van der Waals surface area contributed by atoms with Gasteiger partial charge in [-0.3, -0.25) is 9.69 Å². The maximum Gasteiger partial charge on any atom is 0.254 e. The molecule has 2 saturated heterocycles. The predicted molar refractivity (Wildman–Crippen MR) is 87.6 cm³/mol. The lowest BCUT2D eigenvalue weighted by Crippen LogP contribution is -2.53. The number of carbonyl (C=O) groups is 1. The lowest BCUT2D eigenvalue weighted by molar-refractivity contribution is -0.159. The molecule has 0 N–H and O–H groups in total. The van der Waals surface area contributed by atoms with E-state index in [1.165, 1.54) is 0 Å². The summed E-state index contributed by atoms with van der Waals surface area (Å²) >= 11 is 0. The molecule has 0 aliphatic carbocycles. The number of amides is 1. The van der Waals surface area contributed by atoms with Crippen molar-refractivity contribution in [1.29, 1.82) is 0 Å². The first-order valence-corrected chi connectivity index (χ1v) is 8.43. The fourth-order valence-electron chi connectivity index (χ4n) is 3.25. The minimum atomic E-state index is -0.427. The Labute approximate surface area is 140 Å². The van der Waals surface area contributed by atoms with Gasteiger partial charge in [-0.1, -0.05) is 6.07 Å². The lowest BCUT2D eigenvalue weighted by Gasteiger charge is -2.36. The standard InChI is InChI=1S/C17H22N4O3/c22-17(15-13-23-9-10-24-15)20-7-5-19(6-8-20)11-14-12-21-4-2-1-3-16(21)18-14/h1-4,12,15H,5-11,13H2. The van der Waals surface area contributed by atoms with Gasteiger partial charge in [0.05, 0.1) is 25.5 Å². The highest BCUT2D eigenvalue weighted by Gasteiger charge is 2.29. The number of hydrogen-bond donors (Lipinski definition) is 0. The van der Waals surface area contributed by atoms with E-state index in [0.717, 1.165) is 44.1 Å². The van der Waals surface area contributed by atoms with Crippen LogP contribution >= 0.6 is 0 Å². The summed E-state index contributed by atoms with van der Waals surface area (Å²) in [5.41, 5.74) is 2.03. The molecule has 7 heteroatoms. The molecule has 2 aliphatic rings. The number of imidazole rings is 1. The number of rotatable bonds is 3. The van der Waals surface area contributed by atoms with E-state index in [1.54, 1.807) is 0 Å². The summed E-state index contributed by atoms with van der Waals surface area (Å²) in [6, 6.07) is 6.00. The lowest BCUT2D eigenvalue weighted by atomic mass is 10.2. The van der Waals surface area contributed by atoms with Crippen molar-refractivity contribution in [3.05, 3.63) is 36.3 Å². The summed E-state index contributed by atoms with van der Waals surface area (Å²) in [6.07, 6.45) is 3.65. The molecule has 128 valence electrons. The van der Waals surface area contributed by atoms with Crippen molar-refractivity contribution in [3.63, 3.8) is 0 Å². The summed E-state index contributed by atoms with van der Waals surface area (Å²) in [5.74, 6) is 0.0575. The number of fused-ring (bicyclic) bond motifs is 1. The van der Waals surface area contributed by atoms with Gasteiger partial charge >= 0.3 is 0 Å². The van der Waals surface area contributed by atoms with Crippen LogP contribution < -0.4 is 0 Å². The molecule has 7 nitrogen and oxygen atoms in total. The molecule has 0 saturated carbocycles. The van der Waals surface area contributed by atoms with Crippen molar-refractivity contribution >= 4 is 11.6 Å². The van der Waals surface area contributed by atoms with Crippen molar-refractivity contribution in [3.8, 4) is 0 Å². The largest absolute Gasteiger partial charge is 0.376 e. The highest BCUT2D eigenvalue weighted by molar-refractivity contribution is 5.81. The molecule has 0 spiro atoms. The molecule has 1 amide bonds. The fraction of sp³-hybridized carbons (Fsp3) is 0.529. The number of hydrogen-bond acceptors (Lipinski definition) is 5. The summed E-state index contributed by atoms with van der Waals surface area (Å²) < 4.78 is 12.9. The van der Waals surface area contributed by atoms with Gasteiger partial charge in [-0.2, -0.15) is 0 Å². The smallest absolute Gasteiger partial charge is 0.254 e. The Morgan fingerprint density at radius 3 is 2.83 bits per heavy atom. The van der Waals surface area contributed by atoms with E-state index in [1.807, 2.05) is 33.7 Å². The van der Waals surface area contributed by atoms with Crippen molar-refractivity contribution in [1.82, 2.24) is 19.2 Å². The third-order valence-corrected chi connectivity index (χ3v) is 4.57. The zero-order chi connectivity index (χ0) is 16.4. The molecule has 1 unspecified atom stereocenters. The molecule has 2 fully saturated rings. The van der Waals surface area contributed by atoms with E-state index in [2.05, 4.69) is 16.1 Å². The molecule has 2 aromatic heterocycles. The average molecular weight is 330 g/mol. The number of carbonyl (C=O) groups excluding carboxylic acids is 1. The summed E-state index contributed by atoms with van der Waals surface area (Å²) in [4.78, 5) is 21.3. The van der Waals surface area contributed by atoms with Crippen molar-refractivity contribution in [2.24, 2.45) is 0 Å². The first-order chi connectivity index (χ1) is 11.8. The molecule has 0 aromatic carbocycles. The Morgan fingerprint density at radius 2 is 2.08 bits per heavy atom. The van der Waals surface area contributed by atoms with Crippen molar-refractivity contribution in [2.45, 2.75) is 12.6 Å².